The van der Waals surface area contributed by atoms with E-state index in [9.17, 15) is 0 Å². The van der Waals surface area contributed by atoms with Gasteiger partial charge in [-0.15, -0.1) is 0 Å². The predicted octanol–water partition coefficient (Wildman–Crippen LogP) is 2.05. The first-order chi connectivity index (χ1) is 8.19. The summed E-state index contributed by atoms with van der Waals surface area (Å²) in [7, 11) is 1.49. The highest BCUT2D eigenvalue weighted by Gasteiger charge is 2.06. The van der Waals surface area contributed by atoms with Crippen LogP contribution in [-0.2, 0) is 6.54 Å². The summed E-state index contributed by atoms with van der Waals surface area (Å²) in [4.78, 5) is 7.95. The Morgan fingerprint density at radius 2 is 2.35 bits per heavy atom. The van der Waals surface area contributed by atoms with Crippen molar-refractivity contribution in [2.45, 2.75) is 13.5 Å². The monoisotopic (exact) mass is 254 g/mol. The molecule has 0 saturated heterocycles. The molecule has 0 unspecified atom stereocenters. The molecule has 0 spiro atoms. The molecule has 0 aromatic carbocycles. The molecular weight excluding hydrogens is 244 g/mol. The molecule has 7 heteroatoms. The van der Waals surface area contributed by atoms with Gasteiger partial charge < -0.3 is 14.6 Å². The van der Waals surface area contributed by atoms with E-state index in [4.69, 9.17) is 20.9 Å². The summed E-state index contributed by atoms with van der Waals surface area (Å²) in [6, 6.07) is 2.09. The molecule has 2 rings (SSSR count). The minimum atomic E-state index is 0.258. The SMILES string of the molecule is COc1ncc(Cl)c(NCc2cc(C)on2)n1. The molecule has 2 heterocycles. The van der Waals surface area contributed by atoms with Crippen molar-refractivity contribution in [2.24, 2.45) is 0 Å². The lowest BCUT2D eigenvalue weighted by Crippen LogP contribution is -2.04. The lowest BCUT2D eigenvalue weighted by molar-refractivity contribution is 0.380. The van der Waals surface area contributed by atoms with Crippen molar-refractivity contribution >= 4 is 17.4 Å². The molecule has 0 amide bonds. The second-order valence-corrected chi connectivity index (χ2v) is 3.74. The summed E-state index contributed by atoms with van der Waals surface area (Å²) in [5, 5.41) is 7.30. The molecule has 0 aliphatic carbocycles. The molecule has 90 valence electrons. The zero-order valence-electron chi connectivity index (χ0n) is 9.40. The molecule has 2 aromatic heterocycles. The van der Waals surface area contributed by atoms with E-state index in [1.807, 2.05) is 13.0 Å². The molecule has 0 fully saturated rings. The van der Waals surface area contributed by atoms with E-state index in [2.05, 4.69) is 20.4 Å². The number of halogens is 1. The van der Waals surface area contributed by atoms with Crippen molar-refractivity contribution in [3.63, 3.8) is 0 Å². The standard InChI is InChI=1S/C10H11ClN4O2/c1-6-3-7(15-17-6)4-12-9-8(11)5-13-10(14-9)16-2/h3,5H,4H2,1-2H3,(H,12,13,14). The normalized spacial score (nSPS) is 10.3. The van der Waals surface area contributed by atoms with E-state index in [1.165, 1.54) is 13.3 Å². The number of aryl methyl sites for hydroxylation is 1. The summed E-state index contributed by atoms with van der Waals surface area (Å²) in [5.74, 6) is 1.26. The van der Waals surface area contributed by atoms with E-state index in [0.717, 1.165) is 11.5 Å². The summed E-state index contributed by atoms with van der Waals surface area (Å²) in [5.41, 5.74) is 0.774. The molecule has 0 atom stereocenters. The highest BCUT2D eigenvalue weighted by molar-refractivity contribution is 6.32. The van der Waals surface area contributed by atoms with Crippen LogP contribution in [0.4, 0.5) is 5.82 Å². The third kappa shape index (κ3) is 2.85. The van der Waals surface area contributed by atoms with Crippen LogP contribution in [0.2, 0.25) is 5.02 Å². The first-order valence-electron chi connectivity index (χ1n) is 4.91. The van der Waals surface area contributed by atoms with Gasteiger partial charge in [0.25, 0.3) is 0 Å². The molecule has 0 aliphatic heterocycles. The fourth-order valence-corrected chi connectivity index (χ4v) is 1.41. The number of anilines is 1. The second kappa shape index (κ2) is 5.01. The maximum atomic E-state index is 5.94. The van der Waals surface area contributed by atoms with Crippen LogP contribution in [0.25, 0.3) is 0 Å². The molecule has 0 aliphatic rings. The molecule has 0 bridgehead atoms. The average Bonchev–Trinajstić information content (AvgIpc) is 2.74. The number of hydrogen-bond acceptors (Lipinski definition) is 6. The third-order valence-corrected chi connectivity index (χ3v) is 2.29. The highest BCUT2D eigenvalue weighted by Crippen LogP contribution is 2.20. The Kier molecular flexibility index (Phi) is 3.43. The van der Waals surface area contributed by atoms with E-state index in [1.54, 1.807) is 0 Å². The minimum Gasteiger partial charge on any atom is -0.467 e. The number of ether oxygens (including phenoxy) is 1. The molecular formula is C10H11ClN4O2. The largest absolute Gasteiger partial charge is 0.467 e. The maximum Gasteiger partial charge on any atom is 0.318 e. The summed E-state index contributed by atoms with van der Waals surface area (Å²) in [6.45, 7) is 2.30. The lowest BCUT2D eigenvalue weighted by atomic mass is 10.4. The molecule has 0 saturated carbocycles. The van der Waals surface area contributed by atoms with Crippen LogP contribution in [0.15, 0.2) is 16.8 Å². The Balaban J connectivity index is 2.07. The number of nitrogens with zero attached hydrogens (tertiary/aromatic N) is 3. The van der Waals surface area contributed by atoms with Gasteiger partial charge in [0.15, 0.2) is 5.82 Å². The number of hydrogen-bond donors (Lipinski definition) is 1. The molecule has 6 nitrogen and oxygen atoms in total. The number of rotatable bonds is 4. The topological polar surface area (TPSA) is 73.1 Å². The molecule has 1 N–H and O–H groups in total. The number of aromatic nitrogens is 3. The molecule has 17 heavy (non-hydrogen) atoms. The minimum absolute atomic E-state index is 0.258. The van der Waals surface area contributed by atoms with Gasteiger partial charge >= 0.3 is 6.01 Å². The Morgan fingerprint density at radius 3 is 3.00 bits per heavy atom. The van der Waals surface area contributed by atoms with Gasteiger partial charge in [0.2, 0.25) is 0 Å². The summed E-state index contributed by atoms with van der Waals surface area (Å²) < 4.78 is 9.86. The van der Waals surface area contributed by atoms with E-state index in [0.29, 0.717) is 17.4 Å². The van der Waals surface area contributed by atoms with E-state index in [-0.39, 0.29) is 6.01 Å². The molecule has 0 radical (unpaired) electrons. The van der Waals surface area contributed by atoms with Crippen molar-refractivity contribution in [1.82, 2.24) is 15.1 Å². The average molecular weight is 255 g/mol. The molecule has 2 aromatic rings. The Labute approximate surface area is 103 Å². The summed E-state index contributed by atoms with van der Waals surface area (Å²) >= 11 is 5.94. The van der Waals surface area contributed by atoms with Crippen molar-refractivity contribution in [2.75, 3.05) is 12.4 Å². The van der Waals surface area contributed by atoms with Gasteiger partial charge in [0.05, 0.1) is 19.9 Å². The van der Waals surface area contributed by atoms with Gasteiger partial charge in [-0.1, -0.05) is 16.8 Å². The van der Waals surface area contributed by atoms with E-state index >= 15 is 0 Å². The van der Waals surface area contributed by atoms with Crippen LogP contribution >= 0.6 is 11.6 Å². The Morgan fingerprint density at radius 1 is 1.53 bits per heavy atom. The van der Waals surface area contributed by atoms with Crippen LogP contribution in [0.3, 0.4) is 0 Å². The van der Waals surface area contributed by atoms with Crippen LogP contribution in [0, 0.1) is 6.92 Å². The van der Waals surface area contributed by atoms with Gasteiger partial charge in [-0.3, -0.25) is 0 Å². The van der Waals surface area contributed by atoms with Gasteiger partial charge in [0, 0.05) is 6.07 Å². The van der Waals surface area contributed by atoms with Gasteiger partial charge in [-0.25, -0.2) is 4.98 Å². The third-order valence-electron chi connectivity index (χ3n) is 2.02. The number of methoxy groups -OCH3 is 1. The van der Waals surface area contributed by atoms with Crippen molar-refractivity contribution < 1.29 is 9.26 Å². The first kappa shape index (κ1) is 11.7. The maximum absolute atomic E-state index is 5.94. The first-order valence-corrected chi connectivity index (χ1v) is 5.29. The van der Waals surface area contributed by atoms with Crippen molar-refractivity contribution in [1.29, 1.82) is 0 Å². The van der Waals surface area contributed by atoms with Crippen molar-refractivity contribution in [3.8, 4) is 6.01 Å². The van der Waals surface area contributed by atoms with Crippen LogP contribution in [0.5, 0.6) is 6.01 Å². The second-order valence-electron chi connectivity index (χ2n) is 3.34. The van der Waals surface area contributed by atoms with Gasteiger partial charge in [-0.2, -0.15) is 4.98 Å². The Bertz CT molecular complexity index is 515. The van der Waals surface area contributed by atoms with Gasteiger partial charge in [0.1, 0.15) is 16.5 Å². The summed E-state index contributed by atoms with van der Waals surface area (Å²) in [6.07, 6.45) is 1.48. The zero-order chi connectivity index (χ0) is 12.3. The predicted molar refractivity (Wildman–Crippen MR) is 62.2 cm³/mol. The van der Waals surface area contributed by atoms with E-state index < -0.39 is 0 Å². The smallest absolute Gasteiger partial charge is 0.318 e. The Hall–Kier alpha value is -1.82. The van der Waals surface area contributed by atoms with Crippen molar-refractivity contribution in [3.05, 3.63) is 28.7 Å². The van der Waals surface area contributed by atoms with Crippen LogP contribution in [-0.4, -0.2) is 22.2 Å². The zero-order valence-corrected chi connectivity index (χ0v) is 10.2. The quantitative estimate of drug-likeness (QED) is 0.900. The van der Waals surface area contributed by atoms with Crippen LogP contribution < -0.4 is 10.1 Å². The fraction of sp³-hybridized carbons (Fsp3) is 0.300. The van der Waals surface area contributed by atoms with Gasteiger partial charge in [-0.05, 0) is 6.92 Å². The number of nitrogens with one attached hydrogen (secondary N) is 1. The fourth-order valence-electron chi connectivity index (χ4n) is 1.25. The highest BCUT2D eigenvalue weighted by atomic mass is 35.5. The lowest BCUT2D eigenvalue weighted by Gasteiger charge is -2.06. The van der Waals surface area contributed by atoms with Crippen LogP contribution in [0.1, 0.15) is 11.5 Å².